The lowest BCUT2D eigenvalue weighted by Crippen LogP contribution is -2.53. The van der Waals surface area contributed by atoms with E-state index in [0.717, 1.165) is 16.7 Å². The first-order chi connectivity index (χ1) is 16.7. The zero-order valence-electron chi connectivity index (χ0n) is 19.8. The van der Waals surface area contributed by atoms with Crippen LogP contribution in [0.1, 0.15) is 35.1 Å². The highest BCUT2D eigenvalue weighted by atomic mass is 16.5. The van der Waals surface area contributed by atoms with Crippen molar-refractivity contribution in [3.05, 3.63) is 58.7 Å². The van der Waals surface area contributed by atoms with Gasteiger partial charge in [0.1, 0.15) is 11.3 Å². The van der Waals surface area contributed by atoms with E-state index in [-0.39, 0.29) is 31.2 Å². The molecule has 3 N–H and O–H groups in total. The number of likely N-dealkylation sites (tertiary alicyclic amines) is 1. The van der Waals surface area contributed by atoms with E-state index >= 15 is 0 Å². The van der Waals surface area contributed by atoms with Crippen LogP contribution in [0.5, 0.6) is 5.75 Å². The Morgan fingerprint density at radius 1 is 1.09 bits per heavy atom. The summed E-state index contributed by atoms with van der Waals surface area (Å²) in [5.74, 6) is -3.34. The topological polar surface area (TPSA) is 125 Å². The van der Waals surface area contributed by atoms with Crippen molar-refractivity contribution in [1.82, 2.24) is 10.2 Å². The van der Waals surface area contributed by atoms with Gasteiger partial charge in [0.15, 0.2) is 0 Å². The van der Waals surface area contributed by atoms with Crippen LogP contribution in [0.15, 0.2) is 36.4 Å². The molecule has 3 aliphatic heterocycles. The van der Waals surface area contributed by atoms with Crippen LogP contribution in [-0.2, 0) is 31.3 Å². The molecule has 2 aromatic carbocycles. The second-order valence-corrected chi connectivity index (χ2v) is 9.49. The molecule has 9 heteroatoms. The van der Waals surface area contributed by atoms with Gasteiger partial charge in [-0.3, -0.25) is 29.4 Å². The van der Waals surface area contributed by atoms with Gasteiger partial charge in [0.05, 0.1) is 25.5 Å². The van der Waals surface area contributed by atoms with Gasteiger partial charge in [0.2, 0.25) is 17.7 Å². The van der Waals surface area contributed by atoms with Gasteiger partial charge in [-0.05, 0) is 49.1 Å². The van der Waals surface area contributed by atoms with Crippen LogP contribution in [0.2, 0.25) is 0 Å². The van der Waals surface area contributed by atoms with E-state index in [1.54, 1.807) is 31.4 Å². The molecule has 2 aromatic rings. The zero-order valence-corrected chi connectivity index (χ0v) is 19.8. The number of nitrogens with one attached hydrogen (secondary N) is 2. The summed E-state index contributed by atoms with van der Waals surface area (Å²) in [7, 11) is 1.56. The van der Waals surface area contributed by atoms with Crippen LogP contribution in [-0.4, -0.2) is 46.8 Å². The molecule has 4 atom stereocenters. The first-order valence-electron chi connectivity index (χ1n) is 11.6. The maximum absolute atomic E-state index is 13.8. The van der Waals surface area contributed by atoms with Gasteiger partial charge in [0, 0.05) is 23.7 Å². The smallest absolute Gasteiger partial charge is 0.303 e. The van der Waals surface area contributed by atoms with E-state index in [0.29, 0.717) is 17.0 Å². The number of fused-ring (bicyclic) bond motifs is 4. The van der Waals surface area contributed by atoms with Crippen molar-refractivity contribution >= 4 is 29.4 Å². The monoisotopic (exact) mass is 477 g/mol. The molecule has 3 amide bonds. The molecule has 1 spiro atoms. The van der Waals surface area contributed by atoms with Crippen LogP contribution < -0.4 is 15.4 Å². The molecule has 0 unspecified atom stereocenters. The number of anilines is 1. The quantitative estimate of drug-likeness (QED) is 0.544. The molecule has 5 rings (SSSR count). The fraction of sp³-hybridized carbons (Fsp3) is 0.385. The first kappa shape index (κ1) is 23.0. The van der Waals surface area contributed by atoms with Gasteiger partial charge in [-0.25, -0.2) is 0 Å². The van der Waals surface area contributed by atoms with Crippen molar-refractivity contribution in [3.63, 3.8) is 0 Å². The molecule has 0 aliphatic carbocycles. The van der Waals surface area contributed by atoms with Gasteiger partial charge in [-0.1, -0.05) is 24.3 Å². The average molecular weight is 478 g/mol. The summed E-state index contributed by atoms with van der Waals surface area (Å²) in [4.78, 5) is 53.5. The molecule has 9 nitrogen and oxygen atoms in total. The molecule has 2 fully saturated rings. The minimum Gasteiger partial charge on any atom is -0.497 e. The molecular weight excluding hydrogens is 450 g/mol. The number of benzene rings is 2. The van der Waals surface area contributed by atoms with Crippen LogP contribution in [0.4, 0.5) is 5.69 Å². The molecule has 0 aromatic heterocycles. The normalized spacial score (nSPS) is 26.8. The summed E-state index contributed by atoms with van der Waals surface area (Å²) in [6.07, 6.45) is -0.0561. The standard InChI is InChI=1S/C26H27N3O6/c1-13-4-9-17-22(14(13)2)27-25(34)26(17)21-20(18(28-26)10-11-19(30)31)23(32)29(24(21)33)12-15-5-7-16(35-3)8-6-15/h4-9,18,20-21,28H,10-12H2,1-3H3,(H,27,34)(H,30,31)/t18-,20+,21+,26+/m0/s1. The summed E-state index contributed by atoms with van der Waals surface area (Å²) in [6.45, 7) is 3.91. The molecule has 0 bridgehead atoms. The minimum atomic E-state index is -1.43. The maximum Gasteiger partial charge on any atom is 0.303 e. The number of amides is 3. The lowest BCUT2D eigenvalue weighted by atomic mass is 9.76. The number of hydrogen-bond donors (Lipinski definition) is 3. The first-order valence-corrected chi connectivity index (χ1v) is 11.6. The molecule has 0 saturated carbocycles. The van der Waals surface area contributed by atoms with Crippen molar-refractivity contribution < 1.29 is 29.0 Å². The summed E-state index contributed by atoms with van der Waals surface area (Å²) < 4.78 is 5.18. The van der Waals surface area contributed by atoms with Crippen molar-refractivity contribution in [2.45, 2.75) is 44.8 Å². The third-order valence-corrected chi connectivity index (χ3v) is 7.68. The van der Waals surface area contributed by atoms with Gasteiger partial charge < -0.3 is 15.2 Å². The van der Waals surface area contributed by atoms with E-state index in [2.05, 4.69) is 10.6 Å². The number of hydrogen-bond acceptors (Lipinski definition) is 6. The Bertz CT molecular complexity index is 1260. The highest BCUT2D eigenvalue weighted by Gasteiger charge is 2.70. The number of rotatable bonds is 6. The number of imide groups is 1. The zero-order chi connectivity index (χ0) is 25.1. The fourth-order valence-corrected chi connectivity index (χ4v) is 5.78. The van der Waals surface area contributed by atoms with E-state index in [1.807, 2.05) is 26.0 Å². The number of methoxy groups -OCH3 is 1. The van der Waals surface area contributed by atoms with Crippen molar-refractivity contribution in [3.8, 4) is 5.75 Å². The molecule has 2 saturated heterocycles. The number of carboxylic acids is 1. The molecule has 35 heavy (non-hydrogen) atoms. The number of ether oxygens (including phenoxy) is 1. The Kier molecular flexibility index (Phi) is 5.40. The van der Waals surface area contributed by atoms with Crippen molar-refractivity contribution in [2.24, 2.45) is 11.8 Å². The van der Waals surface area contributed by atoms with Crippen molar-refractivity contribution in [1.29, 1.82) is 0 Å². The van der Waals surface area contributed by atoms with E-state index in [9.17, 15) is 24.3 Å². The van der Waals surface area contributed by atoms with Crippen LogP contribution >= 0.6 is 0 Å². The van der Waals surface area contributed by atoms with Crippen molar-refractivity contribution in [2.75, 3.05) is 12.4 Å². The summed E-state index contributed by atoms with van der Waals surface area (Å²) in [5, 5.41) is 15.5. The largest absolute Gasteiger partial charge is 0.497 e. The summed E-state index contributed by atoms with van der Waals surface area (Å²) in [6, 6.07) is 10.2. The summed E-state index contributed by atoms with van der Waals surface area (Å²) >= 11 is 0. The third kappa shape index (κ3) is 3.33. The second-order valence-electron chi connectivity index (χ2n) is 9.49. The SMILES string of the molecule is COc1ccc(CN2C(=O)[C@@H]3[C@H](CCC(=O)O)N[C@@]4(C(=O)Nc5c4ccc(C)c5C)[C@H]3C2=O)cc1. The number of carbonyl (C=O) groups excluding carboxylic acids is 3. The van der Waals surface area contributed by atoms with E-state index in [1.165, 1.54) is 4.90 Å². The van der Waals surface area contributed by atoms with E-state index < -0.39 is 35.3 Å². The van der Waals surface area contributed by atoms with Crippen LogP contribution in [0.3, 0.4) is 0 Å². The third-order valence-electron chi connectivity index (χ3n) is 7.68. The minimum absolute atomic E-state index is 0.0673. The second kappa shape index (κ2) is 8.20. The summed E-state index contributed by atoms with van der Waals surface area (Å²) in [5.41, 5.74) is 2.49. The molecule has 182 valence electrons. The maximum atomic E-state index is 13.8. The van der Waals surface area contributed by atoms with Crippen LogP contribution in [0.25, 0.3) is 0 Å². The van der Waals surface area contributed by atoms with Gasteiger partial charge in [-0.2, -0.15) is 0 Å². The number of carboxylic acid groups (broad SMARTS) is 1. The Morgan fingerprint density at radius 2 is 1.80 bits per heavy atom. The molecule has 0 radical (unpaired) electrons. The number of aryl methyl sites for hydroxylation is 1. The molecule has 3 heterocycles. The van der Waals surface area contributed by atoms with E-state index in [4.69, 9.17) is 4.74 Å². The fourth-order valence-electron chi connectivity index (χ4n) is 5.78. The van der Waals surface area contributed by atoms with Gasteiger partial charge >= 0.3 is 5.97 Å². The van der Waals surface area contributed by atoms with Crippen LogP contribution in [0, 0.1) is 25.7 Å². The molecule has 3 aliphatic rings. The Labute approximate surface area is 202 Å². The number of nitrogens with zero attached hydrogens (tertiary/aromatic N) is 1. The highest BCUT2D eigenvalue weighted by molar-refractivity contribution is 6.15. The highest BCUT2D eigenvalue weighted by Crippen LogP contribution is 2.54. The predicted octanol–water partition coefficient (Wildman–Crippen LogP) is 2.10. The lowest BCUT2D eigenvalue weighted by Gasteiger charge is -2.29. The number of carbonyl (C=O) groups is 4. The number of aliphatic carboxylic acids is 1. The Balaban J connectivity index is 1.57. The lowest BCUT2D eigenvalue weighted by molar-refractivity contribution is -0.144. The average Bonchev–Trinajstić information content (AvgIpc) is 3.41. The Hall–Kier alpha value is -3.72. The molecular formula is C26H27N3O6. The van der Waals surface area contributed by atoms with Gasteiger partial charge in [0.25, 0.3) is 0 Å². The van der Waals surface area contributed by atoms with Gasteiger partial charge in [-0.15, -0.1) is 0 Å². The Morgan fingerprint density at radius 3 is 2.46 bits per heavy atom. The predicted molar refractivity (Wildman–Crippen MR) is 126 cm³/mol.